The Bertz CT molecular complexity index is 337. The molecule has 0 aromatic rings. The van der Waals surface area contributed by atoms with Crippen LogP contribution in [0.15, 0.2) is 4.99 Å². The molecular formula is C15H26N2S. The fraction of sp³-hybridized carbons (Fsp3) is 0.933. The van der Waals surface area contributed by atoms with Crippen LogP contribution in [0.1, 0.15) is 52.4 Å². The molecule has 1 aliphatic heterocycles. The fourth-order valence-electron chi connectivity index (χ4n) is 3.54. The Balaban J connectivity index is 1.55. The molecular weight excluding hydrogens is 240 g/mol. The van der Waals surface area contributed by atoms with Crippen molar-refractivity contribution >= 4 is 16.9 Å². The predicted octanol–water partition coefficient (Wildman–Crippen LogP) is 3.67. The Morgan fingerprint density at radius 2 is 2.28 bits per heavy atom. The van der Waals surface area contributed by atoms with Crippen LogP contribution in [0.4, 0.5) is 0 Å². The van der Waals surface area contributed by atoms with Crippen LogP contribution in [0.2, 0.25) is 0 Å². The molecule has 3 fully saturated rings. The maximum Gasteiger partial charge on any atom is 0.157 e. The van der Waals surface area contributed by atoms with Crippen molar-refractivity contribution < 1.29 is 0 Å². The lowest BCUT2D eigenvalue weighted by Crippen LogP contribution is -2.47. The number of nitrogens with zero attached hydrogens (tertiary/aromatic N) is 1. The third-order valence-corrected chi connectivity index (χ3v) is 6.10. The SMILES string of the molecule is CC1CCCC2(CSC(=NCC(C)C3CC3)N2)C1. The van der Waals surface area contributed by atoms with Crippen molar-refractivity contribution in [2.24, 2.45) is 22.7 Å². The standard InChI is InChI=1S/C15H26N2S/c1-11-4-3-7-15(8-11)10-18-14(17-15)16-9-12(2)13-5-6-13/h11-13H,3-10H2,1-2H3,(H,16,17). The van der Waals surface area contributed by atoms with Crippen LogP contribution in [-0.4, -0.2) is 23.0 Å². The molecule has 1 spiro atoms. The number of aliphatic imine (C=N–C) groups is 1. The number of hydrogen-bond acceptors (Lipinski definition) is 2. The summed E-state index contributed by atoms with van der Waals surface area (Å²) in [7, 11) is 0. The average molecular weight is 266 g/mol. The van der Waals surface area contributed by atoms with Gasteiger partial charge in [0, 0.05) is 17.8 Å². The predicted molar refractivity (Wildman–Crippen MR) is 80.1 cm³/mol. The molecule has 0 aromatic heterocycles. The van der Waals surface area contributed by atoms with Crippen molar-refractivity contribution in [3.8, 4) is 0 Å². The van der Waals surface area contributed by atoms with E-state index in [1.807, 2.05) is 11.8 Å². The summed E-state index contributed by atoms with van der Waals surface area (Å²) >= 11 is 1.96. The van der Waals surface area contributed by atoms with Gasteiger partial charge in [0.1, 0.15) is 0 Å². The molecule has 1 heterocycles. The molecule has 2 saturated carbocycles. The van der Waals surface area contributed by atoms with Gasteiger partial charge in [-0.25, -0.2) is 0 Å². The highest BCUT2D eigenvalue weighted by atomic mass is 32.2. The molecule has 3 atom stereocenters. The smallest absolute Gasteiger partial charge is 0.157 e. The summed E-state index contributed by atoms with van der Waals surface area (Å²) in [6.45, 7) is 5.79. The molecule has 2 aliphatic carbocycles. The van der Waals surface area contributed by atoms with E-state index in [1.165, 1.54) is 49.4 Å². The van der Waals surface area contributed by atoms with Crippen LogP contribution in [0.5, 0.6) is 0 Å². The maximum atomic E-state index is 4.83. The summed E-state index contributed by atoms with van der Waals surface area (Å²) in [5.41, 5.74) is 0.393. The van der Waals surface area contributed by atoms with E-state index in [4.69, 9.17) is 4.99 Å². The van der Waals surface area contributed by atoms with E-state index in [2.05, 4.69) is 19.2 Å². The number of nitrogens with one attached hydrogen (secondary N) is 1. The fourth-order valence-corrected chi connectivity index (χ4v) is 4.74. The summed E-state index contributed by atoms with van der Waals surface area (Å²) < 4.78 is 0. The Kier molecular flexibility index (Phi) is 3.61. The summed E-state index contributed by atoms with van der Waals surface area (Å²) in [6, 6.07) is 0. The second-order valence-corrected chi connectivity index (χ2v) is 7.82. The third kappa shape index (κ3) is 2.87. The number of hydrogen-bond donors (Lipinski definition) is 1. The van der Waals surface area contributed by atoms with Crippen LogP contribution in [-0.2, 0) is 0 Å². The minimum absolute atomic E-state index is 0.393. The summed E-state index contributed by atoms with van der Waals surface area (Å²) in [4.78, 5) is 4.83. The number of amidine groups is 1. The third-order valence-electron chi connectivity index (χ3n) is 4.90. The molecule has 18 heavy (non-hydrogen) atoms. The topological polar surface area (TPSA) is 24.4 Å². The zero-order chi connectivity index (χ0) is 12.6. The lowest BCUT2D eigenvalue weighted by Gasteiger charge is -2.36. The molecule has 0 radical (unpaired) electrons. The quantitative estimate of drug-likeness (QED) is 0.843. The van der Waals surface area contributed by atoms with Crippen LogP contribution < -0.4 is 5.32 Å². The first-order valence-corrected chi connectivity index (χ1v) is 8.61. The van der Waals surface area contributed by atoms with Gasteiger partial charge in [-0.05, 0) is 43.4 Å². The van der Waals surface area contributed by atoms with Gasteiger partial charge in [-0.3, -0.25) is 4.99 Å². The first-order valence-electron chi connectivity index (χ1n) is 7.62. The molecule has 1 N–H and O–H groups in total. The van der Waals surface area contributed by atoms with Gasteiger partial charge in [-0.15, -0.1) is 0 Å². The van der Waals surface area contributed by atoms with E-state index in [1.54, 1.807) is 0 Å². The summed E-state index contributed by atoms with van der Waals surface area (Å²) in [5, 5.41) is 5.00. The second-order valence-electron chi connectivity index (χ2n) is 6.86. The van der Waals surface area contributed by atoms with Gasteiger partial charge < -0.3 is 5.32 Å². The van der Waals surface area contributed by atoms with E-state index < -0.39 is 0 Å². The van der Waals surface area contributed by atoms with Gasteiger partial charge in [-0.1, -0.05) is 38.5 Å². The first-order chi connectivity index (χ1) is 8.67. The number of thioether (sulfide) groups is 1. The van der Waals surface area contributed by atoms with Crippen molar-refractivity contribution in [2.75, 3.05) is 12.3 Å². The van der Waals surface area contributed by atoms with Crippen LogP contribution in [0, 0.1) is 17.8 Å². The summed E-state index contributed by atoms with van der Waals surface area (Å²) in [6.07, 6.45) is 8.38. The van der Waals surface area contributed by atoms with E-state index in [-0.39, 0.29) is 0 Å². The van der Waals surface area contributed by atoms with Gasteiger partial charge in [0.15, 0.2) is 5.17 Å². The van der Waals surface area contributed by atoms with Crippen LogP contribution in [0.25, 0.3) is 0 Å². The van der Waals surface area contributed by atoms with Gasteiger partial charge >= 0.3 is 0 Å². The van der Waals surface area contributed by atoms with Crippen molar-refractivity contribution in [1.29, 1.82) is 0 Å². The highest BCUT2D eigenvalue weighted by molar-refractivity contribution is 8.14. The van der Waals surface area contributed by atoms with Crippen molar-refractivity contribution in [1.82, 2.24) is 5.32 Å². The van der Waals surface area contributed by atoms with Crippen LogP contribution >= 0.6 is 11.8 Å². The molecule has 3 unspecified atom stereocenters. The zero-order valence-electron chi connectivity index (χ0n) is 11.7. The maximum absolute atomic E-state index is 4.83. The largest absolute Gasteiger partial charge is 0.359 e. The lowest BCUT2D eigenvalue weighted by molar-refractivity contribution is 0.242. The van der Waals surface area contributed by atoms with E-state index in [0.29, 0.717) is 5.54 Å². The average Bonchev–Trinajstić information content (AvgIpc) is 3.11. The van der Waals surface area contributed by atoms with Gasteiger partial charge in [0.2, 0.25) is 0 Å². The monoisotopic (exact) mass is 266 g/mol. The van der Waals surface area contributed by atoms with Gasteiger partial charge in [-0.2, -0.15) is 0 Å². The second kappa shape index (κ2) is 5.07. The van der Waals surface area contributed by atoms with Crippen molar-refractivity contribution in [2.45, 2.75) is 57.9 Å². The molecule has 3 aliphatic rings. The molecule has 0 amide bonds. The Hall–Kier alpha value is -0.180. The minimum Gasteiger partial charge on any atom is -0.359 e. The highest BCUT2D eigenvalue weighted by Gasteiger charge is 2.40. The Morgan fingerprint density at radius 1 is 1.44 bits per heavy atom. The first kappa shape index (κ1) is 12.8. The molecule has 3 heteroatoms. The van der Waals surface area contributed by atoms with Gasteiger partial charge in [0.25, 0.3) is 0 Å². The highest BCUT2D eigenvalue weighted by Crippen LogP contribution is 2.39. The zero-order valence-corrected chi connectivity index (χ0v) is 12.6. The summed E-state index contributed by atoms with van der Waals surface area (Å²) in [5.74, 6) is 3.90. The van der Waals surface area contributed by atoms with Gasteiger partial charge in [0.05, 0.1) is 0 Å². The lowest BCUT2D eigenvalue weighted by atomic mass is 9.78. The van der Waals surface area contributed by atoms with Crippen LogP contribution in [0.3, 0.4) is 0 Å². The molecule has 102 valence electrons. The Morgan fingerprint density at radius 3 is 3.00 bits per heavy atom. The Labute approximate surface area is 115 Å². The molecule has 3 rings (SSSR count). The van der Waals surface area contributed by atoms with Crippen molar-refractivity contribution in [3.63, 3.8) is 0 Å². The van der Waals surface area contributed by atoms with E-state index in [0.717, 1.165) is 24.3 Å². The normalized spacial score (nSPS) is 40.1. The molecule has 2 nitrogen and oxygen atoms in total. The number of rotatable bonds is 3. The molecule has 1 saturated heterocycles. The van der Waals surface area contributed by atoms with E-state index in [9.17, 15) is 0 Å². The minimum atomic E-state index is 0.393. The van der Waals surface area contributed by atoms with Crippen molar-refractivity contribution in [3.05, 3.63) is 0 Å². The van der Waals surface area contributed by atoms with E-state index >= 15 is 0 Å². The molecule has 0 bridgehead atoms. The molecule has 0 aromatic carbocycles.